The van der Waals surface area contributed by atoms with Gasteiger partial charge in [-0.05, 0) is 6.92 Å². The predicted octanol–water partition coefficient (Wildman–Crippen LogP) is -0.755. The number of hydrogen-bond donors (Lipinski definition) is 2. The normalized spacial score (nSPS) is 14.1. The maximum atomic E-state index is 10.8. The van der Waals surface area contributed by atoms with E-state index >= 15 is 0 Å². The molecule has 15 heavy (non-hydrogen) atoms. The van der Waals surface area contributed by atoms with Crippen molar-refractivity contribution in [1.82, 2.24) is 10.6 Å². The molecule has 0 rings (SSSR count). The summed E-state index contributed by atoms with van der Waals surface area (Å²) >= 11 is 0. The Balaban J connectivity index is 3.19. The number of rotatable bonds is 9. The van der Waals surface area contributed by atoms with Gasteiger partial charge in [0.2, 0.25) is 0 Å². The van der Waals surface area contributed by atoms with Crippen LogP contribution in [0, 0.1) is 0 Å². The van der Waals surface area contributed by atoms with Crippen molar-refractivity contribution < 1.29 is 13.2 Å². The molecular weight excluding hydrogens is 216 g/mol. The van der Waals surface area contributed by atoms with Gasteiger partial charge in [-0.15, -0.1) is 0 Å². The third kappa shape index (κ3) is 11.8. The lowest BCUT2D eigenvalue weighted by Crippen LogP contribution is -2.34. The first-order valence-electron chi connectivity index (χ1n) is 5.07. The summed E-state index contributed by atoms with van der Waals surface area (Å²) in [5.41, 5.74) is 0. The quantitative estimate of drug-likeness (QED) is 0.517. The second-order valence-corrected chi connectivity index (χ2v) is 5.89. The zero-order valence-corrected chi connectivity index (χ0v) is 10.6. The Kier molecular flexibility index (Phi) is 7.95. The van der Waals surface area contributed by atoms with Crippen LogP contribution in [-0.4, -0.2) is 59.8 Å². The summed E-state index contributed by atoms with van der Waals surface area (Å²) in [6, 6.07) is 0. The van der Waals surface area contributed by atoms with Crippen molar-refractivity contribution in [2.24, 2.45) is 0 Å². The molecular formula is C9H22N2O3S. The van der Waals surface area contributed by atoms with Crippen molar-refractivity contribution in [3.05, 3.63) is 0 Å². The maximum Gasteiger partial charge on any atom is 0.148 e. The predicted molar refractivity (Wildman–Crippen MR) is 61.9 cm³/mol. The molecule has 1 atom stereocenters. The second kappa shape index (κ2) is 8.04. The molecule has 0 aliphatic heterocycles. The summed E-state index contributed by atoms with van der Waals surface area (Å²) in [4.78, 5) is 0. The molecule has 0 aromatic rings. The molecule has 0 heterocycles. The molecule has 0 spiro atoms. The molecule has 0 fully saturated rings. The molecule has 1 unspecified atom stereocenters. The fraction of sp³-hybridized carbons (Fsp3) is 1.00. The molecule has 0 amide bonds. The van der Waals surface area contributed by atoms with Crippen LogP contribution in [0.25, 0.3) is 0 Å². The van der Waals surface area contributed by atoms with E-state index in [2.05, 4.69) is 10.6 Å². The van der Waals surface area contributed by atoms with Crippen LogP contribution in [0.3, 0.4) is 0 Å². The zero-order chi connectivity index (χ0) is 11.7. The first-order chi connectivity index (χ1) is 6.95. The molecule has 92 valence electrons. The summed E-state index contributed by atoms with van der Waals surface area (Å²) in [5, 5.41) is 6.25. The molecule has 0 saturated heterocycles. The summed E-state index contributed by atoms with van der Waals surface area (Å²) in [5.74, 6) is 0.196. The van der Waals surface area contributed by atoms with E-state index in [0.717, 1.165) is 19.6 Å². The topological polar surface area (TPSA) is 67.4 Å². The minimum Gasteiger partial charge on any atom is -0.380 e. The lowest BCUT2D eigenvalue weighted by atomic mass is 10.4. The van der Waals surface area contributed by atoms with E-state index in [4.69, 9.17) is 4.74 Å². The molecule has 2 N–H and O–H groups in total. The molecule has 0 aliphatic carbocycles. The highest BCUT2D eigenvalue weighted by molar-refractivity contribution is 7.90. The van der Waals surface area contributed by atoms with E-state index < -0.39 is 9.84 Å². The van der Waals surface area contributed by atoms with Crippen LogP contribution in [0.4, 0.5) is 0 Å². The maximum absolute atomic E-state index is 10.8. The molecule has 0 aliphatic rings. The Morgan fingerprint density at radius 3 is 2.33 bits per heavy atom. The Morgan fingerprint density at radius 2 is 1.80 bits per heavy atom. The van der Waals surface area contributed by atoms with Crippen LogP contribution in [0.15, 0.2) is 0 Å². The van der Waals surface area contributed by atoms with Crippen LogP contribution in [0.2, 0.25) is 0 Å². The van der Waals surface area contributed by atoms with Crippen molar-refractivity contribution in [3.63, 3.8) is 0 Å². The van der Waals surface area contributed by atoms with Gasteiger partial charge in [-0.1, -0.05) is 0 Å². The molecule has 0 aromatic carbocycles. The molecule has 0 aromatic heterocycles. The summed E-state index contributed by atoms with van der Waals surface area (Å²) < 4.78 is 26.6. The van der Waals surface area contributed by atoms with Gasteiger partial charge in [-0.25, -0.2) is 8.42 Å². The zero-order valence-electron chi connectivity index (χ0n) is 9.75. The average molecular weight is 238 g/mol. The Morgan fingerprint density at radius 1 is 1.20 bits per heavy atom. The molecule has 0 bridgehead atoms. The van der Waals surface area contributed by atoms with Crippen molar-refractivity contribution in [2.45, 2.75) is 13.0 Å². The van der Waals surface area contributed by atoms with Crippen molar-refractivity contribution >= 4 is 9.84 Å². The first kappa shape index (κ1) is 14.8. The Labute approximate surface area is 92.5 Å². The van der Waals surface area contributed by atoms with Gasteiger partial charge in [0, 0.05) is 39.5 Å². The van der Waals surface area contributed by atoms with Gasteiger partial charge in [0.25, 0.3) is 0 Å². The standard InChI is InChI=1S/C9H22N2O3S/c1-9(14-2)8-11-5-4-10-6-7-15(3,12)13/h9-11H,4-8H2,1-3H3. The van der Waals surface area contributed by atoms with E-state index in [0.29, 0.717) is 6.54 Å². The van der Waals surface area contributed by atoms with Gasteiger partial charge in [0.15, 0.2) is 0 Å². The number of nitrogens with one attached hydrogen (secondary N) is 2. The Hall–Kier alpha value is -0.170. The number of sulfone groups is 1. The third-order valence-electron chi connectivity index (χ3n) is 1.96. The molecule has 0 radical (unpaired) electrons. The van der Waals surface area contributed by atoms with Crippen LogP contribution < -0.4 is 10.6 Å². The first-order valence-corrected chi connectivity index (χ1v) is 7.13. The van der Waals surface area contributed by atoms with Crippen molar-refractivity contribution in [3.8, 4) is 0 Å². The van der Waals surface area contributed by atoms with Gasteiger partial charge in [0.1, 0.15) is 9.84 Å². The SMILES string of the molecule is COC(C)CNCCNCCS(C)(=O)=O. The third-order valence-corrected chi connectivity index (χ3v) is 2.91. The minimum absolute atomic E-state index is 0.196. The molecule has 6 heteroatoms. The van der Waals surface area contributed by atoms with Crippen LogP contribution in [-0.2, 0) is 14.6 Å². The number of methoxy groups -OCH3 is 1. The summed E-state index contributed by atoms with van der Waals surface area (Å²) in [6.45, 7) is 4.90. The van der Waals surface area contributed by atoms with Gasteiger partial charge in [0.05, 0.1) is 11.9 Å². The van der Waals surface area contributed by atoms with Crippen LogP contribution in [0.1, 0.15) is 6.92 Å². The van der Waals surface area contributed by atoms with Crippen molar-refractivity contribution in [1.29, 1.82) is 0 Å². The molecule has 5 nitrogen and oxygen atoms in total. The average Bonchev–Trinajstić information content (AvgIpc) is 2.14. The van der Waals surface area contributed by atoms with Gasteiger partial charge >= 0.3 is 0 Å². The van der Waals surface area contributed by atoms with Gasteiger partial charge in [-0.2, -0.15) is 0 Å². The smallest absolute Gasteiger partial charge is 0.148 e. The number of hydrogen-bond acceptors (Lipinski definition) is 5. The lowest BCUT2D eigenvalue weighted by Gasteiger charge is -2.10. The van der Waals surface area contributed by atoms with Crippen LogP contribution >= 0.6 is 0 Å². The van der Waals surface area contributed by atoms with E-state index in [-0.39, 0.29) is 11.9 Å². The monoisotopic (exact) mass is 238 g/mol. The van der Waals surface area contributed by atoms with Gasteiger partial charge in [-0.3, -0.25) is 0 Å². The highest BCUT2D eigenvalue weighted by Gasteiger charge is 2.00. The van der Waals surface area contributed by atoms with E-state index in [1.54, 1.807) is 7.11 Å². The van der Waals surface area contributed by atoms with Crippen LogP contribution in [0.5, 0.6) is 0 Å². The van der Waals surface area contributed by atoms with Gasteiger partial charge < -0.3 is 15.4 Å². The fourth-order valence-corrected chi connectivity index (χ4v) is 1.46. The largest absolute Gasteiger partial charge is 0.380 e. The minimum atomic E-state index is -2.84. The Bertz CT molecular complexity index is 242. The van der Waals surface area contributed by atoms with E-state index in [9.17, 15) is 8.42 Å². The summed E-state index contributed by atoms with van der Waals surface area (Å²) in [6.07, 6.45) is 1.45. The van der Waals surface area contributed by atoms with E-state index in [1.807, 2.05) is 6.92 Å². The molecule has 0 saturated carbocycles. The second-order valence-electron chi connectivity index (χ2n) is 3.63. The fourth-order valence-electron chi connectivity index (χ4n) is 0.948. The summed E-state index contributed by atoms with van der Waals surface area (Å²) in [7, 11) is -1.16. The number of ether oxygens (including phenoxy) is 1. The highest BCUT2D eigenvalue weighted by Crippen LogP contribution is 1.82. The lowest BCUT2D eigenvalue weighted by molar-refractivity contribution is 0.117. The van der Waals surface area contributed by atoms with Crippen molar-refractivity contribution in [2.75, 3.05) is 45.3 Å². The van der Waals surface area contributed by atoms with E-state index in [1.165, 1.54) is 6.26 Å². The highest BCUT2D eigenvalue weighted by atomic mass is 32.2.